The number of aryl methyl sites for hydroxylation is 1. The molecule has 1 unspecified atom stereocenters. The number of nitrogens with one attached hydrogen (secondary N) is 1. The van der Waals surface area contributed by atoms with Gasteiger partial charge in [-0.2, -0.15) is 0 Å². The molecule has 128 valence electrons. The van der Waals surface area contributed by atoms with Gasteiger partial charge in [-0.05, 0) is 30.7 Å². The molecule has 0 aliphatic carbocycles. The minimum absolute atomic E-state index is 0.00911. The molecule has 0 bridgehead atoms. The summed E-state index contributed by atoms with van der Waals surface area (Å²) in [5.74, 6) is -1.02. The van der Waals surface area contributed by atoms with Crippen molar-refractivity contribution in [3.05, 3.63) is 68.7 Å². The van der Waals surface area contributed by atoms with E-state index < -0.39 is 29.1 Å². The molecule has 0 saturated carbocycles. The van der Waals surface area contributed by atoms with Crippen molar-refractivity contribution in [3.8, 4) is 0 Å². The molecule has 1 N–H and O–H groups in total. The number of halogens is 1. The minimum Gasteiger partial charge on any atom is -0.459 e. The van der Waals surface area contributed by atoms with Crippen LogP contribution in [0.2, 0.25) is 0 Å². The Morgan fingerprint density at radius 3 is 2.58 bits per heavy atom. The van der Waals surface area contributed by atoms with Crippen LogP contribution in [0.3, 0.4) is 0 Å². The number of aromatic amines is 1. The van der Waals surface area contributed by atoms with Gasteiger partial charge in [0.25, 0.3) is 5.56 Å². The highest BCUT2D eigenvalue weighted by Crippen LogP contribution is 2.07. The van der Waals surface area contributed by atoms with Crippen LogP contribution in [0, 0.1) is 5.82 Å². The topological polar surface area (TPSA) is 90.4 Å². The third kappa shape index (κ3) is 4.88. The van der Waals surface area contributed by atoms with Crippen molar-refractivity contribution in [3.63, 3.8) is 0 Å². The summed E-state index contributed by atoms with van der Waals surface area (Å²) in [6.07, 6.45) is 1.37. The number of carbonyl (C=O) groups is 1. The summed E-state index contributed by atoms with van der Waals surface area (Å²) in [6, 6.07) is 6.26. The van der Waals surface area contributed by atoms with Crippen LogP contribution in [0.4, 0.5) is 4.39 Å². The van der Waals surface area contributed by atoms with Gasteiger partial charge in [0.1, 0.15) is 12.4 Å². The van der Waals surface area contributed by atoms with Gasteiger partial charge >= 0.3 is 11.7 Å². The van der Waals surface area contributed by atoms with Crippen molar-refractivity contribution >= 4 is 5.97 Å². The molecule has 8 heteroatoms. The summed E-state index contributed by atoms with van der Waals surface area (Å²) in [4.78, 5) is 36.6. The number of hydrogen-bond donors (Lipinski definition) is 1. The van der Waals surface area contributed by atoms with E-state index in [2.05, 4.69) is 4.98 Å². The molecule has 0 spiro atoms. The number of rotatable bonds is 7. The standard InChI is InChI=1S/C16H17FN2O5/c1-23-13(6-8-19-9-7-14(20)18-16(19)22)10-24-15(21)11-2-4-12(17)5-3-11/h2-5,7,9,13H,6,8,10H2,1H3,(H,18,20,22). The first-order valence-electron chi connectivity index (χ1n) is 7.25. The number of methoxy groups -OCH3 is 1. The van der Waals surface area contributed by atoms with E-state index >= 15 is 0 Å². The van der Waals surface area contributed by atoms with Gasteiger partial charge in [0.05, 0.1) is 11.7 Å². The maximum atomic E-state index is 12.8. The number of benzene rings is 1. The Kier molecular flexibility index (Phi) is 6.02. The fraction of sp³-hybridized carbons (Fsp3) is 0.312. The van der Waals surface area contributed by atoms with Crippen LogP contribution in [-0.4, -0.2) is 35.3 Å². The van der Waals surface area contributed by atoms with Crippen molar-refractivity contribution < 1.29 is 18.7 Å². The number of aromatic nitrogens is 2. The normalized spacial score (nSPS) is 11.9. The zero-order valence-electron chi connectivity index (χ0n) is 13.0. The van der Waals surface area contributed by atoms with E-state index in [9.17, 15) is 18.8 Å². The second-order valence-corrected chi connectivity index (χ2v) is 5.06. The number of hydrogen-bond acceptors (Lipinski definition) is 5. The molecular formula is C16H17FN2O5. The highest BCUT2D eigenvalue weighted by Gasteiger charge is 2.13. The fourth-order valence-electron chi connectivity index (χ4n) is 2.01. The molecule has 0 aliphatic rings. The first kappa shape index (κ1) is 17.6. The molecule has 0 saturated heterocycles. The highest BCUT2D eigenvalue weighted by atomic mass is 19.1. The van der Waals surface area contributed by atoms with E-state index in [4.69, 9.17) is 9.47 Å². The number of nitrogens with zero attached hydrogens (tertiary/aromatic N) is 1. The molecule has 2 aromatic rings. The van der Waals surface area contributed by atoms with Crippen LogP contribution in [0.25, 0.3) is 0 Å². The third-order valence-electron chi connectivity index (χ3n) is 3.40. The van der Waals surface area contributed by atoms with E-state index in [1.807, 2.05) is 0 Å². The minimum atomic E-state index is -0.585. The largest absolute Gasteiger partial charge is 0.459 e. The molecule has 1 aromatic carbocycles. The van der Waals surface area contributed by atoms with Crippen LogP contribution in [-0.2, 0) is 16.0 Å². The SMILES string of the molecule is COC(CCn1ccc(=O)[nH]c1=O)COC(=O)c1ccc(F)cc1. The molecule has 24 heavy (non-hydrogen) atoms. The monoisotopic (exact) mass is 336 g/mol. The van der Waals surface area contributed by atoms with E-state index in [0.29, 0.717) is 13.0 Å². The average molecular weight is 336 g/mol. The second kappa shape index (κ2) is 8.21. The average Bonchev–Trinajstić information content (AvgIpc) is 2.57. The van der Waals surface area contributed by atoms with Gasteiger partial charge in [-0.15, -0.1) is 0 Å². The predicted molar refractivity (Wildman–Crippen MR) is 83.4 cm³/mol. The number of carbonyl (C=O) groups excluding carboxylic acids is 1. The Morgan fingerprint density at radius 1 is 1.25 bits per heavy atom. The van der Waals surface area contributed by atoms with Crippen molar-refractivity contribution in [1.29, 1.82) is 0 Å². The van der Waals surface area contributed by atoms with Crippen LogP contribution in [0.1, 0.15) is 16.8 Å². The summed E-state index contributed by atoms with van der Waals surface area (Å²) in [7, 11) is 1.46. The molecule has 0 fully saturated rings. The number of esters is 1. The Morgan fingerprint density at radius 2 is 1.96 bits per heavy atom. The second-order valence-electron chi connectivity index (χ2n) is 5.06. The van der Waals surface area contributed by atoms with Crippen LogP contribution >= 0.6 is 0 Å². The summed E-state index contributed by atoms with van der Waals surface area (Å²) in [5, 5.41) is 0. The molecule has 0 aliphatic heterocycles. The lowest BCUT2D eigenvalue weighted by Crippen LogP contribution is -2.31. The molecular weight excluding hydrogens is 319 g/mol. The maximum Gasteiger partial charge on any atom is 0.338 e. The first-order valence-corrected chi connectivity index (χ1v) is 7.25. The first-order chi connectivity index (χ1) is 11.5. The molecule has 2 rings (SSSR count). The summed E-state index contributed by atoms with van der Waals surface area (Å²) in [6.45, 7) is 0.285. The van der Waals surface area contributed by atoms with Crippen molar-refractivity contribution in [2.24, 2.45) is 0 Å². The Bertz CT molecular complexity index is 797. The zero-order chi connectivity index (χ0) is 17.5. The number of H-pyrrole nitrogens is 1. The van der Waals surface area contributed by atoms with Crippen LogP contribution in [0.5, 0.6) is 0 Å². The number of ether oxygens (including phenoxy) is 2. The molecule has 0 radical (unpaired) electrons. The van der Waals surface area contributed by atoms with E-state index in [-0.39, 0.29) is 12.2 Å². The van der Waals surface area contributed by atoms with Gasteiger partial charge in [-0.1, -0.05) is 0 Å². The lowest BCUT2D eigenvalue weighted by Gasteiger charge is -2.16. The van der Waals surface area contributed by atoms with Gasteiger partial charge in [0.15, 0.2) is 0 Å². The fourth-order valence-corrected chi connectivity index (χ4v) is 2.01. The Balaban J connectivity index is 1.87. The summed E-state index contributed by atoms with van der Waals surface area (Å²) in [5.41, 5.74) is -0.739. The lowest BCUT2D eigenvalue weighted by atomic mass is 10.2. The maximum absolute atomic E-state index is 12.8. The van der Waals surface area contributed by atoms with Gasteiger partial charge < -0.3 is 14.0 Å². The molecule has 1 atom stereocenters. The van der Waals surface area contributed by atoms with Gasteiger partial charge in [-0.25, -0.2) is 14.0 Å². The highest BCUT2D eigenvalue weighted by molar-refractivity contribution is 5.89. The van der Waals surface area contributed by atoms with Crippen LogP contribution in [0.15, 0.2) is 46.1 Å². The predicted octanol–water partition coefficient (Wildman–Crippen LogP) is 0.938. The van der Waals surface area contributed by atoms with Crippen LogP contribution < -0.4 is 11.2 Å². The van der Waals surface area contributed by atoms with Crippen molar-refractivity contribution in [1.82, 2.24) is 9.55 Å². The van der Waals surface area contributed by atoms with Gasteiger partial charge in [-0.3, -0.25) is 9.78 Å². The summed E-state index contributed by atoms with van der Waals surface area (Å²) >= 11 is 0. The third-order valence-corrected chi connectivity index (χ3v) is 3.40. The van der Waals surface area contributed by atoms with E-state index in [0.717, 1.165) is 0 Å². The van der Waals surface area contributed by atoms with Gasteiger partial charge in [0, 0.05) is 25.9 Å². The van der Waals surface area contributed by atoms with E-state index in [1.165, 1.54) is 48.2 Å². The van der Waals surface area contributed by atoms with Gasteiger partial charge in [0.2, 0.25) is 0 Å². The van der Waals surface area contributed by atoms with Crippen molar-refractivity contribution in [2.75, 3.05) is 13.7 Å². The van der Waals surface area contributed by atoms with E-state index in [1.54, 1.807) is 0 Å². The molecule has 0 amide bonds. The summed E-state index contributed by atoms with van der Waals surface area (Å²) < 4.78 is 24.5. The molecule has 1 aromatic heterocycles. The Hall–Kier alpha value is -2.74. The molecule has 1 heterocycles. The zero-order valence-corrected chi connectivity index (χ0v) is 13.0. The van der Waals surface area contributed by atoms with Crippen molar-refractivity contribution in [2.45, 2.75) is 19.1 Å². The smallest absolute Gasteiger partial charge is 0.338 e. The molecule has 7 nitrogen and oxygen atoms in total. The lowest BCUT2D eigenvalue weighted by molar-refractivity contribution is 0.00650. The Labute approximate surface area is 136 Å². The quantitative estimate of drug-likeness (QED) is 0.760.